The Labute approximate surface area is 94.8 Å². The van der Waals surface area contributed by atoms with Gasteiger partial charge in [-0.25, -0.2) is 9.78 Å². The predicted octanol–water partition coefficient (Wildman–Crippen LogP) is 0.942. The van der Waals surface area contributed by atoms with Gasteiger partial charge in [-0.3, -0.25) is 0 Å². The van der Waals surface area contributed by atoms with Crippen LogP contribution in [0.3, 0.4) is 0 Å². The molecule has 1 N–H and O–H groups in total. The third-order valence-electron chi connectivity index (χ3n) is 2.36. The molecule has 16 heavy (non-hydrogen) atoms. The maximum Gasteiger partial charge on any atom is 0.359 e. The third kappa shape index (κ3) is 2.24. The summed E-state index contributed by atoms with van der Waals surface area (Å²) in [6, 6.07) is 0. The Balaban J connectivity index is 2.21. The lowest BCUT2D eigenvalue weighted by molar-refractivity contribution is 0.00616. The first-order chi connectivity index (χ1) is 7.47. The number of rotatable bonds is 1. The highest BCUT2D eigenvalue weighted by molar-refractivity contribution is 5.88. The van der Waals surface area contributed by atoms with E-state index in [4.69, 9.17) is 4.74 Å². The second-order valence-electron chi connectivity index (χ2n) is 4.91. The smallest absolute Gasteiger partial charge is 0.359 e. The summed E-state index contributed by atoms with van der Waals surface area (Å²) in [7, 11) is 0. The number of fused-ring (bicyclic) bond motifs is 1. The van der Waals surface area contributed by atoms with E-state index in [1.165, 1.54) is 0 Å². The van der Waals surface area contributed by atoms with E-state index < -0.39 is 5.60 Å². The molecule has 0 saturated heterocycles. The van der Waals surface area contributed by atoms with E-state index in [1.54, 1.807) is 6.33 Å². The monoisotopic (exact) mass is 223 g/mol. The SMILES string of the molecule is CC(C)(C)OC(=O)c1ncn2c1CNCC2. The van der Waals surface area contributed by atoms with Gasteiger partial charge < -0.3 is 14.6 Å². The van der Waals surface area contributed by atoms with E-state index in [0.29, 0.717) is 12.2 Å². The number of hydrogen-bond donors (Lipinski definition) is 1. The van der Waals surface area contributed by atoms with Crippen LogP contribution < -0.4 is 5.32 Å². The highest BCUT2D eigenvalue weighted by Gasteiger charge is 2.24. The number of carbonyl (C=O) groups excluding carboxylic acids is 1. The summed E-state index contributed by atoms with van der Waals surface area (Å²) in [5.41, 5.74) is 0.873. The summed E-state index contributed by atoms with van der Waals surface area (Å²) in [5, 5.41) is 3.22. The number of nitrogens with zero attached hydrogens (tertiary/aromatic N) is 2. The van der Waals surface area contributed by atoms with E-state index in [1.807, 2.05) is 25.3 Å². The van der Waals surface area contributed by atoms with Crippen LogP contribution in [0, 0.1) is 0 Å². The molecule has 0 aromatic carbocycles. The molecule has 1 aliphatic heterocycles. The lowest BCUT2D eigenvalue weighted by Gasteiger charge is -2.20. The third-order valence-corrected chi connectivity index (χ3v) is 2.36. The van der Waals surface area contributed by atoms with Gasteiger partial charge in [0.1, 0.15) is 5.60 Å². The van der Waals surface area contributed by atoms with E-state index in [0.717, 1.165) is 18.8 Å². The average Bonchev–Trinajstić information content (AvgIpc) is 2.58. The first kappa shape index (κ1) is 11.1. The molecule has 0 radical (unpaired) electrons. The van der Waals surface area contributed by atoms with Crippen molar-refractivity contribution in [1.82, 2.24) is 14.9 Å². The van der Waals surface area contributed by atoms with Crippen molar-refractivity contribution >= 4 is 5.97 Å². The van der Waals surface area contributed by atoms with Gasteiger partial charge in [-0.15, -0.1) is 0 Å². The molecule has 1 aliphatic rings. The van der Waals surface area contributed by atoms with Gasteiger partial charge in [-0.1, -0.05) is 0 Å². The molecule has 0 amide bonds. The number of aromatic nitrogens is 2. The standard InChI is InChI=1S/C11H17N3O2/c1-11(2,3)16-10(15)9-8-6-12-4-5-14(8)7-13-9/h7,12H,4-6H2,1-3H3. The second kappa shape index (κ2) is 3.90. The lowest BCUT2D eigenvalue weighted by atomic mass is 10.2. The van der Waals surface area contributed by atoms with Crippen LogP contribution in [0.25, 0.3) is 0 Å². The molecule has 0 atom stereocenters. The molecule has 0 saturated carbocycles. The lowest BCUT2D eigenvalue weighted by Crippen LogP contribution is -2.30. The molecule has 0 aliphatic carbocycles. The van der Waals surface area contributed by atoms with E-state index in [2.05, 4.69) is 10.3 Å². The van der Waals surface area contributed by atoms with Gasteiger partial charge in [0, 0.05) is 19.6 Å². The first-order valence-electron chi connectivity index (χ1n) is 5.45. The van der Waals surface area contributed by atoms with Crippen LogP contribution in [0.2, 0.25) is 0 Å². The number of carbonyl (C=O) groups is 1. The zero-order valence-corrected chi connectivity index (χ0v) is 9.91. The van der Waals surface area contributed by atoms with E-state index >= 15 is 0 Å². The minimum atomic E-state index is -0.477. The number of imidazole rings is 1. The average molecular weight is 223 g/mol. The molecule has 2 heterocycles. The van der Waals surface area contributed by atoms with Crippen molar-refractivity contribution < 1.29 is 9.53 Å². The van der Waals surface area contributed by atoms with Gasteiger partial charge in [-0.2, -0.15) is 0 Å². The van der Waals surface area contributed by atoms with Gasteiger partial charge in [0.25, 0.3) is 0 Å². The number of ether oxygens (including phenoxy) is 1. The molecule has 1 aromatic heterocycles. The number of nitrogens with one attached hydrogen (secondary N) is 1. The molecule has 1 aromatic rings. The highest BCUT2D eigenvalue weighted by atomic mass is 16.6. The maximum atomic E-state index is 11.9. The van der Waals surface area contributed by atoms with Crippen LogP contribution in [0.4, 0.5) is 0 Å². The van der Waals surface area contributed by atoms with Crippen molar-refractivity contribution in [1.29, 1.82) is 0 Å². The molecule has 5 heteroatoms. The number of hydrogen-bond acceptors (Lipinski definition) is 4. The van der Waals surface area contributed by atoms with Crippen LogP contribution in [-0.2, 0) is 17.8 Å². The summed E-state index contributed by atoms with van der Waals surface area (Å²) in [6.45, 7) is 8.00. The molecule has 88 valence electrons. The maximum absolute atomic E-state index is 11.9. The van der Waals surface area contributed by atoms with E-state index in [-0.39, 0.29) is 5.97 Å². The van der Waals surface area contributed by atoms with Crippen molar-refractivity contribution in [2.45, 2.75) is 39.5 Å². The van der Waals surface area contributed by atoms with Gasteiger partial charge in [0.05, 0.1) is 12.0 Å². The number of esters is 1. The molecule has 2 rings (SSSR count). The van der Waals surface area contributed by atoms with Gasteiger partial charge in [-0.05, 0) is 20.8 Å². The van der Waals surface area contributed by atoms with Gasteiger partial charge in [0.15, 0.2) is 5.69 Å². The van der Waals surface area contributed by atoms with Crippen molar-refractivity contribution in [2.24, 2.45) is 0 Å². The van der Waals surface area contributed by atoms with Crippen LogP contribution in [0.5, 0.6) is 0 Å². The van der Waals surface area contributed by atoms with Crippen molar-refractivity contribution in [3.63, 3.8) is 0 Å². The highest BCUT2D eigenvalue weighted by Crippen LogP contribution is 2.16. The summed E-state index contributed by atoms with van der Waals surface area (Å²) in [5.74, 6) is -0.343. The minimum Gasteiger partial charge on any atom is -0.455 e. The molecular weight excluding hydrogens is 206 g/mol. The fraction of sp³-hybridized carbons (Fsp3) is 0.636. The topological polar surface area (TPSA) is 56.1 Å². The summed E-state index contributed by atoms with van der Waals surface area (Å²) >= 11 is 0. The Kier molecular flexibility index (Phi) is 2.71. The Hall–Kier alpha value is -1.36. The molecule has 5 nitrogen and oxygen atoms in total. The van der Waals surface area contributed by atoms with Crippen molar-refractivity contribution in [2.75, 3.05) is 6.54 Å². The molecule has 0 unspecified atom stereocenters. The fourth-order valence-corrected chi connectivity index (χ4v) is 1.69. The van der Waals surface area contributed by atoms with Gasteiger partial charge in [0.2, 0.25) is 0 Å². The van der Waals surface area contributed by atoms with Crippen LogP contribution in [0.1, 0.15) is 37.0 Å². The Morgan fingerprint density at radius 1 is 1.56 bits per heavy atom. The Morgan fingerprint density at radius 3 is 3.00 bits per heavy atom. The minimum absolute atomic E-state index is 0.343. The zero-order chi connectivity index (χ0) is 11.8. The zero-order valence-electron chi connectivity index (χ0n) is 9.91. The fourth-order valence-electron chi connectivity index (χ4n) is 1.69. The summed E-state index contributed by atoms with van der Waals surface area (Å²) in [4.78, 5) is 16.0. The molecule has 0 bridgehead atoms. The second-order valence-corrected chi connectivity index (χ2v) is 4.91. The molecule has 0 spiro atoms. The van der Waals surface area contributed by atoms with Gasteiger partial charge >= 0.3 is 5.97 Å². The molecule has 0 fully saturated rings. The first-order valence-corrected chi connectivity index (χ1v) is 5.45. The Bertz CT molecular complexity index is 404. The van der Waals surface area contributed by atoms with Crippen LogP contribution in [-0.4, -0.2) is 27.7 Å². The van der Waals surface area contributed by atoms with Crippen LogP contribution >= 0.6 is 0 Å². The summed E-state index contributed by atoms with van der Waals surface area (Å²) < 4.78 is 7.30. The normalized spacial score (nSPS) is 15.7. The quantitative estimate of drug-likeness (QED) is 0.720. The predicted molar refractivity (Wildman–Crippen MR) is 59.1 cm³/mol. The Morgan fingerprint density at radius 2 is 2.31 bits per heavy atom. The van der Waals surface area contributed by atoms with Crippen molar-refractivity contribution in [3.8, 4) is 0 Å². The van der Waals surface area contributed by atoms with Crippen LogP contribution in [0.15, 0.2) is 6.33 Å². The molecular formula is C11H17N3O2. The van der Waals surface area contributed by atoms with E-state index in [9.17, 15) is 4.79 Å². The largest absolute Gasteiger partial charge is 0.455 e. The van der Waals surface area contributed by atoms with Crippen molar-refractivity contribution in [3.05, 3.63) is 17.7 Å². The summed E-state index contributed by atoms with van der Waals surface area (Å²) in [6.07, 6.45) is 1.70.